The summed E-state index contributed by atoms with van der Waals surface area (Å²) >= 11 is 0. The summed E-state index contributed by atoms with van der Waals surface area (Å²) in [5, 5.41) is 0. The van der Waals surface area contributed by atoms with Crippen LogP contribution in [0.4, 0.5) is 0 Å². The van der Waals surface area contributed by atoms with Crippen LogP contribution in [0.1, 0.15) is 68.2 Å². The molecule has 0 atom stereocenters. The molecule has 0 radical (unpaired) electrons. The SMILES string of the molecule is C=CC.CC.CCC.CCC(C)C. The third-order valence-corrected chi connectivity index (χ3v) is 0.816. The molecule has 84 valence electrons. The zero-order valence-corrected chi connectivity index (χ0v) is 11.3. The van der Waals surface area contributed by atoms with Crippen molar-refractivity contribution in [3.63, 3.8) is 0 Å². The van der Waals surface area contributed by atoms with E-state index < -0.39 is 0 Å². The van der Waals surface area contributed by atoms with Crippen LogP contribution in [-0.2, 0) is 0 Å². The van der Waals surface area contributed by atoms with Crippen molar-refractivity contribution in [2.24, 2.45) is 5.92 Å². The Morgan fingerprint density at radius 1 is 1.08 bits per heavy atom. The Morgan fingerprint density at radius 2 is 1.15 bits per heavy atom. The molecule has 0 N–H and O–H groups in total. The highest BCUT2D eigenvalue weighted by Gasteiger charge is 1.80. The largest absolute Gasteiger partial charge is 0.103 e. The van der Waals surface area contributed by atoms with Crippen LogP contribution in [0.3, 0.4) is 0 Å². The second kappa shape index (κ2) is 41.1. The van der Waals surface area contributed by atoms with Crippen molar-refractivity contribution in [3.8, 4) is 0 Å². The molecular formula is C13H32. The Labute approximate surface area is 87.4 Å². The molecule has 0 heterocycles. The Kier molecular flexibility index (Phi) is 72.7. The van der Waals surface area contributed by atoms with Crippen LogP contribution < -0.4 is 0 Å². The fourth-order valence-electron chi connectivity index (χ4n) is 0. The molecule has 0 aliphatic rings. The molecule has 0 saturated carbocycles. The van der Waals surface area contributed by atoms with E-state index in [-0.39, 0.29) is 0 Å². The molecule has 13 heavy (non-hydrogen) atoms. The first-order chi connectivity index (χ1) is 6.10. The minimum atomic E-state index is 0.884. The van der Waals surface area contributed by atoms with Crippen molar-refractivity contribution < 1.29 is 0 Å². The molecule has 0 bridgehead atoms. The lowest BCUT2D eigenvalue weighted by Gasteiger charge is -1.90. The Balaban J connectivity index is -0.0000000446. The van der Waals surface area contributed by atoms with Gasteiger partial charge in [-0.3, -0.25) is 0 Å². The van der Waals surface area contributed by atoms with E-state index in [1.54, 1.807) is 6.08 Å². The van der Waals surface area contributed by atoms with Crippen LogP contribution in [0.2, 0.25) is 0 Å². The highest BCUT2D eigenvalue weighted by Crippen LogP contribution is 1.93. The van der Waals surface area contributed by atoms with Crippen LogP contribution >= 0.6 is 0 Å². The summed E-state index contributed by atoms with van der Waals surface area (Å²) < 4.78 is 0. The normalized spacial score (nSPS) is 6.54. The topological polar surface area (TPSA) is 0 Å². The maximum atomic E-state index is 3.36. The van der Waals surface area contributed by atoms with E-state index in [2.05, 4.69) is 41.2 Å². The quantitative estimate of drug-likeness (QED) is 0.464. The molecule has 0 aromatic rings. The first kappa shape index (κ1) is 23.0. The number of allylic oxidation sites excluding steroid dienone is 1. The number of rotatable bonds is 1. The van der Waals surface area contributed by atoms with Crippen molar-refractivity contribution in [3.05, 3.63) is 12.7 Å². The monoisotopic (exact) mass is 188 g/mol. The number of hydrogen-bond donors (Lipinski definition) is 0. The molecule has 0 nitrogen and oxygen atoms in total. The molecule has 0 aliphatic carbocycles. The molecular weight excluding hydrogens is 156 g/mol. The lowest BCUT2D eigenvalue weighted by Crippen LogP contribution is -1.77. The van der Waals surface area contributed by atoms with E-state index in [9.17, 15) is 0 Å². The highest BCUT2D eigenvalue weighted by atomic mass is 13.9. The smallest absolute Gasteiger partial charge is 0.0473 e. The van der Waals surface area contributed by atoms with E-state index in [1.165, 1.54) is 12.8 Å². The standard InChI is InChI=1S/C5H12.C3H8.C3H6.C2H6/c1-4-5(2)3;2*1-3-2;1-2/h5H,4H2,1-3H3;3H2,1-2H3;3H,1H2,2H3;1-2H3. The van der Waals surface area contributed by atoms with Gasteiger partial charge in [-0.2, -0.15) is 0 Å². The molecule has 0 aromatic carbocycles. The fourth-order valence-corrected chi connectivity index (χ4v) is 0. The lowest BCUT2D eigenvalue weighted by atomic mass is 10.2. The van der Waals surface area contributed by atoms with Gasteiger partial charge in [-0.15, -0.1) is 6.58 Å². The summed E-state index contributed by atoms with van der Waals surface area (Å²) in [6.45, 7) is 20.1. The molecule has 0 spiro atoms. The summed E-state index contributed by atoms with van der Waals surface area (Å²) in [6.07, 6.45) is 4.31. The van der Waals surface area contributed by atoms with Gasteiger partial charge in [-0.25, -0.2) is 0 Å². The molecule has 0 saturated heterocycles. The van der Waals surface area contributed by atoms with Crippen LogP contribution in [0.15, 0.2) is 12.7 Å². The summed E-state index contributed by atoms with van der Waals surface area (Å²) in [6, 6.07) is 0. The van der Waals surface area contributed by atoms with Crippen LogP contribution in [-0.4, -0.2) is 0 Å². The maximum absolute atomic E-state index is 3.36. The van der Waals surface area contributed by atoms with Gasteiger partial charge in [0, 0.05) is 0 Å². The minimum Gasteiger partial charge on any atom is -0.103 e. The second-order valence-corrected chi connectivity index (χ2v) is 2.92. The summed E-state index contributed by atoms with van der Waals surface area (Å²) in [5.74, 6) is 0.884. The van der Waals surface area contributed by atoms with Crippen molar-refractivity contribution in [2.45, 2.75) is 68.2 Å². The van der Waals surface area contributed by atoms with Crippen LogP contribution in [0.5, 0.6) is 0 Å². The molecule has 0 aliphatic heterocycles. The van der Waals surface area contributed by atoms with Crippen LogP contribution in [0.25, 0.3) is 0 Å². The van der Waals surface area contributed by atoms with E-state index in [4.69, 9.17) is 0 Å². The predicted molar refractivity (Wildman–Crippen MR) is 68.3 cm³/mol. The van der Waals surface area contributed by atoms with Gasteiger partial charge < -0.3 is 0 Å². The Bertz CT molecular complexity index is 44.0. The Hall–Kier alpha value is -0.260. The average Bonchev–Trinajstić information content (AvgIpc) is 2.11. The summed E-state index contributed by atoms with van der Waals surface area (Å²) in [4.78, 5) is 0. The highest BCUT2D eigenvalue weighted by molar-refractivity contribution is 4.51. The van der Waals surface area contributed by atoms with Gasteiger partial charge >= 0.3 is 0 Å². The van der Waals surface area contributed by atoms with Gasteiger partial charge in [0.1, 0.15) is 0 Å². The second-order valence-electron chi connectivity index (χ2n) is 2.92. The van der Waals surface area contributed by atoms with Gasteiger partial charge in [0.15, 0.2) is 0 Å². The van der Waals surface area contributed by atoms with Gasteiger partial charge in [0.25, 0.3) is 0 Å². The van der Waals surface area contributed by atoms with Crippen molar-refractivity contribution >= 4 is 0 Å². The zero-order chi connectivity index (χ0) is 11.7. The van der Waals surface area contributed by atoms with E-state index >= 15 is 0 Å². The van der Waals surface area contributed by atoms with E-state index in [0.29, 0.717) is 0 Å². The van der Waals surface area contributed by atoms with Crippen molar-refractivity contribution in [1.82, 2.24) is 0 Å². The molecule has 0 amide bonds. The molecule has 0 rings (SSSR count). The predicted octanol–water partition coefficient (Wildman–Crippen LogP) is 5.69. The average molecular weight is 188 g/mol. The van der Waals surface area contributed by atoms with Gasteiger partial charge in [0.05, 0.1) is 0 Å². The molecule has 0 heteroatoms. The summed E-state index contributed by atoms with van der Waals surface area (Å²) in [5.41, 5.74) is 0. The lowest BCUT2D eigenvalue weighted by molar-refractivity contribution is 0.626. The molecule has 0 unspecified atom stereocenters. The first-order valence-electron chi connectivity index (χ1n) is 5.67. The maximum Gasteiger partial charge on any atom is -0.0473 e. The van der Waals surface area contributed by atoms with Gasteiger partial charge in [-0.05, 0) is 12.8 Å². The van der Waals surface area contributed by atoms with Gasteiger partial charge in [-0.1, -0.05) is 67.4 Å². The Morgan fingerprint density at radius 3 is 1.15 bits per heavy atom. The third-order valence-electron chi connectivity index (χ3n) is 0.816. The van der Waals surface area contributed by atoms with Gasteiger partial charge in [0.2, 0.25) is 0 Å². The van der Waals surface area contributed by atoms with E-state index in [1.807, 2.05) is 20.8 Å². The van der Waals surface area contributed by atoms with Crippen molar-refractivity contribution in [2.75, 3.05) is 0 Å². The third kappa shape index (κ3) is 368. The van der Waals surface area contributed by atoms with E-state index in [0.717, 1.165) is 5.92 Å². The van der Waals surface area contributed by atoms with Crippen LogP contribution in [0, 0.1) is 5.92 Å². The first-order valence-corrected chi connectivity index (χ1v) is 5.67. The number of hydrogen-bond acceptors (Lipinski definition) is 0. The molecule has 0 fully saturated rings. The fraction of sp³-hybridized carbons (Fsp3) is 0.846. The minimum absolute atomic E-state index is 0.884. The zero-order valence-electron chi connectivity index (χ0n) is 11.3. The summed E-state index contributed by atoms with van der Waals surface area (Å²) in [7, 11) is 0. The van der Waals surface area contributed by atoms with Crippen molar-refractivity contribution in [1.29, 1.82) is 0 Å². The molecule has 0 aromatic heterocycles.